The van der Waals surface area contributed by atoms with Gasteiger partial charge in [0.25, 0.3) is 5.91 Å². The number of aliphatic hydroxyl groups is 1. The lowest BCUT2D eigenvalue weighted by molar-refractivity contribution is -0.134. The molecule has 18 heavy (non-hydrogen) atoms. The summed E-state index contributed by atoms with van der Waals surface area (Å²) in [6.07, 6.45) is 1.90. The van der Waals surface area contributed by atoms with E-state index in [4.69, 9.17) is 22.3 Å². The molecule has 0 saturated carbocycles. The predicted octanol–water partition coefficient (Wildman–Crippen LogP) is -1.87. The minimum Gasteiger partial charge on any atom is -0.370 e. The molecule has 0 aromatic rings. The lowest BCUT2D eigenvalue weighted by Crippen LogP contribution is -2.44. The van der Waals surface area contributed by atoms with Crippen LogP contribution >= 0.6 is 0 Å². The number of hydrogen-bond acceptors (Lipinski definition) is 4. The van der Waals surface area contributed by atoms with E-state index in [1.807, 2.05) is 0 Å². The molecule has 0 aliphatic rings. The summed E-state index contributed by atoms with van der Waals surface area (Å²) in [6.45, 7) is 0.578. The van der Waals surface area contributed by atoms with Crippen molar-refractivity contribution in [1.82, 2.24) is 5.32 Å². The Hall–Kier alpha value is -1.83. The van der Waals surface area contributed by atoms with Gasteiger partial charge in [0.15, 0.2) is 5.96 Å². The van der Waals surface area contributed by atoms with E-state index in [-0.39, 0.29) is 12.4 Å². The van der Waals surface area contributed by atoms with Crippen molar-refractivity contribution in [2.45, 2.75) is 38.3 Å². The van der Waals surface area contributed by atoms with Crippen LogP contribution in [-0.2, 0) is 9.59 Å². The molecule has 0 aromatic heterocycles. The fraction of sp³-hybridized carbons (Fsp3) is 0.700. The SMILES string of the molecule is NC(=O)C(O)NC(=O)CCCCCCN=C(N)N. The molecule has 0 aromatic carbocycles. The highest BCUT2D eigenvalue weighted by Gasteiger charge is 2.12. The van der Waals surface area contributed by atoms with Crippen LogP contribution in [0.4, 0.5) is 0 Å². The maximum absolute atomic E-state index is 11.2. The van der Waals surface area contributed by atoms with E-state index in [1.54, 1.807) is 0 Å². The molecule has 0 spiro atoms. The lowest BCUT2D eigenvalue weighted by atomic mass is 10.1. The van der Waals surface area contributed by atoms with Gasteiger partial charge in [-0.2, -0.15) is 0 Å². The van der Waals surface area contributed by atoms with Crippen LogP contribution in [0.5, 0.6) is 0 Å². The van der Waals surface area contributed by atoms with Crippen molar-refractivity contribution < 1.29 is 14.7 Å². The summed E-state index contributed by atoms with van der Waals surface area (Å²) in [6, 6.07) is 0. The van der Waals surface area contributed by atoms with E-state index in [0.717, 1.165) is 19.3 Å². The van der Waals surface area contributed by atoms with Crippen molar-refractivity contribution in [1.29, 1.82) is 0 Å². The predicted molar refractivity (Wildman–Crippen MR) is 67.1 cm³/mol. The van der Waals surface area contributed by atoms with Gasteiger partial charge in [-0.15, -0.1) is 0 Å². The first-order chi connectivity index (χ1) is 8.43. The van der Waals surface area contributed by atoms with Gasteiger partial charge in [0, 0.05) is 13.0 Å². The molecule has 0 bridgehead atoms. The highest BCUT2D eigenvalue weighted by molar-refractivity contribution is 5.85. The normalized spacial score (nSPS) is 11.6. The first-order valence-corrected chi connectivity index (χ1v) is 5.75. The van der Waals surface area contributed by atoms with Gasteiger partial charge in [0.1, 0.15) is 0 Å². The molecule has 0 aliphatic heterocycles. The Labute approximate surface area is 106 Å². The Morgan fingerprint density at radius 2 is 1.72 bits per heavy atom. The molecule has 8 heteroatoms. The molecule has 1 atom stereocenters. The Morgan fingerprint density at radius 3 is 2.28 bits per heavy atom. The highest BCUT2D eigenvalue weighted by Crippen LogP contribution is 2.03. The second-order valence-corrected chi connectivity index (χ2v) is 3.84. The molecule has 0 heterocycles. The number of nitrogens with zero attached hydrogens (tertiary/aromatic N) is 1. The van der Waals surface area contributed by atoms with Gasteiger partial charge in [0.05, 0.1) is 0 Å². The number of carbonyl (C=O) groups is 2. The number of guanidine groups is 1. The number of aliphatic imine (C=N–C) groups is 1. The van der Waals surface area contributed by atoms with Crippen molar-refractivity contribution in [3.8, 4) is 0 Å². The third-order valence-electron chi connectivity index (χ3n) is 2.17. The van der Waals surface area contributed by atoms with Crippen molar-refractivity contribution in [3.63, 3.8) is 0 Å². The van der Waals surface area contributed by atoms with E-state index >= 15 is 0 Å². The zero-order valence-electron chi connectivity index (χ0n) is 10.3. The Morgan fingerprint density at radius 1 is 1.11 bits per heavy atom. The smallest absolute Gasteiger partial charge is 0.267 e. The first-order valence-electron chi connectivity index (χ1n) is 5.75. The van der Waals surface area contributed by atoms with Crippen molar-refractivity contribution in [2.24, 2.45) is 22.2 Å². The molecule has 1 unspecified atom stereocenters. The molecular weight excluding hydrogens is 238 g/mol. The Balaban J connectivity index is 3.46. The fourth-order valence-electron chi connectivity index (χ4n) is 1.25. The largest absolute Gasteiger partial charge is 0.370 e. The summed E-state index contributed by atoms with van der Waals surface area (Å²) in [5, 5.41) is 11.1. The number of unbranched alkanes of at least 4 members (excludes halogenated alkanes) is 3. The van der Waals surface area contributed by atoms with Gasteiger partial charge in [-0.1, -0.05) is 12.8 Å². The maximum Gasteiger partial charge on any atom is 0.267 e. The molecule has 0 aliphatic carbocycles. The molecule has 2 amide bonds. The molecule has 8 nitrogen and oxygen atoms in total. The van der Waals surface area contributed by atoms with Gasteiger partial charge < -0.3 is 27.6 Å². The lowest BCUT2D eigenvalue weighted by Gasteiger charge is -2.08. The number of aliphatic hydroxyl groups excluding tert-OH is 1. The quantitative estimate of drug-likeness (QED) is 0.142. The van der Waals surface area contributed by atoms with Gasteiger partial charge in [-0.3, -0.25) is 14.6 Å². The molecule has 0 radical (unpaired) electrons. The fourth-order valence-corrected chi connectivity index (χ4v) is 1.25. The summed E-state index contributed by atoms with van der Waals surface area (Å²) in [5.74, 6) is -1.29. The molecule has 0 rings (SSSR count). The van der Waals surface area contributed by atoms with Gasteiger partial charge >= 0.3 is 0 Å². The van der Waals surface area contributed by atoms with Gasteiger partial charge in [-0.05, 0) is 12.8 Å². The minimum absolute atomic E-state index is 0.0785. The Kier molecular flexibility index (Phi) is 8.29. The second kappa shape index (κ2) is 9.23. The van der Waals surface area contributed by atoms with Crippen molar-refractivity contribution in [2.75, 3.05) is 6.54 Å². The molecule has 0 fully saturated rings. The van der Waals surface area contributed by atoms with E-state index in [2.05, 4.69) is 10.3 Å². The molecule has 0 saturated heterocycles. The number of rotatable bonds is 9. The Bertz CT molecular complexity index is 302. The van der Waals surface area contributed by atoms with Crippen molar-refractivity contribution in [3.05, 3.63) is 0 Å². The number of hydrogen-bond donors (Lipinski definition) is 5. The van der Waals surface area contributed by atoms with Crippen molar-refractivity contribution >= 4 is 17.8 Å². The maximum atomic E-state index is 11.2. The van der Waals surface area contributed by atoms with Crippen LogP contribution in [0.15, 0.2) is 4.99 Å². The van der Waals surface area contributed by atoms with Crippen LogP contribution in [-0.4, -0.2) is 35.7 Å². The number of primary amides is 1. The van der Waals surface area contributed by atoms with Crippen LogP contribution in [0, 0.1) is 0 Å². The van der Waals surface area contributed by atoms with Gasteiger partial charge in [0.2, 0.25) is 12.1 Å². The standard InChI is InChI=1S/C10H21N5O3/c11-8(17)9(18)15-7(16)5-3-1-2-4-6-14-10(12)13/h9,18H,1-6H2,(H2,11,17)(H,15,16)(H4,12,13,14). The van der Waals surface area contributed by atoms with Crippen LogP contribution < -0.4 is 22.5 Å². The van der Waals surface area contributed by atoms with Crippen LogP contribution in [0.1, 0.15) is 32.1 Å². The van der Waals surface area contributed by atoms with Gasteiger partial charge in [-0.25, -0.2) is 0 Å². The molecule has 8 N–H and O–H groups in total. The van der Waals surface area contributed by atoms with E-state index in [0.29, 0.717) is 13.0 Å². The third kappa shape index (κ3) is 9.40. The summed E-state index contributed by atoms with van der Waals surface area (Å²) in [5.41, 5.74) is 15.1. The number of amides is 2. The van der Waals surface area contributed by atoms with Crippen LogP contribution in [0.25, 0.3) is 0 Å². The summed E-state index contributed by atoms with van der Waals surface area (Å²) < 4.78 is 0. The number of carbonyl (C=O) groups excluding carboxylic acids is 2. The first kappa shape index (κ1) is 16.2. The topological polar surface area (TPSA) is 157 Å². The monoisotopic (exact) mass is 259 g/mol. The highest BCUT2D eigenvalue weighted by atomic mass is 16.3. The molecular formula is C10H21N5O3. The average Bonchev–Trinajstić information content (AvgIpc) is 2.27. The summed E-state index contributed by atoms with van der Waals surface area (Å²) in [4.78, 5) is 25.5. The van der Waals surface area contributed by atoms with Crippen LogP contribution in [0.2, 0.25) is 0 Å². The van der Waals surface area contributed by atoms with E-state index in [9.17, 15) is 9.59 Å². The zero-order valence-corrected chi connectivity index (χ0v) is 10.3. The van der Waals surface area contributed by atoms with E-state index < -0.39 is 18.0 Å². The number of nitrogens with one attached hydrogen (secondary N) is 1. The average molecular weight is 259 g/mol. The number of nitrogens with two attached hydrogens (primary N) is 3. The molecule has 104 valence electrons. The summed E-state index contributed by atoms with van der Waals surface area (Å²) in [7, 11) is 0. The third-order valence-corrected chi connectivity index (χ3v) is 2.17. The minimum atomic E-state index is -1.61. The summed E-state index contributed by atoms with van der Waals surface area (Å²) >= 11 is 0. The van der Waals surface area contributed by atoms with Crippen LogP contribution in [0.3, 0.4) is 0 Å². The zero-order chi connectivity index (χ0) is 14.0. The van der Waals surface area contributed by atoms with E-state index in [1.165, 1.54) is 0 Å². The second-order valence-electron chi connectivity index (χ2n) is 3.84.